The number of likely N-dealkylation sites (tertiary alicyclic amines) is 1. The second-order valence-electron chi connectivity index (χ2n) is 13.6. The number of rotatable bonds is 4. The lowest BCUT2D eigenvalue weighted by Crippen LogP contribution is -2.47. The molecule has 3 aromatic heterocycles. The number of Topliss-reactive ketones (excluding diaryl/α,β-unsaturated/α-hetero) is 1. The van der Waals surface area contributed by atoms with Crippen molar-refractivity contribution in [2.75, 3.05) is 25.5 Å². The number of benzene rings is 1. The molecular weight excluding hydrogens is 672 g/mol. The maximum Gasteiger partial charge on any atom is 0.248 e. The summed E-state index contributed by atoms with van der Waals surface area (Å²) in [6.07, 6.45) is 11.9. The van der Waals surface area contributed by atoms with Crippen molar-refractivity contribution in [1.82, 2.24) is 34.5 Å². The second-order valence-corrected chi connectivity index (χ2v) is 14.4. The SMILES string of the molecule is CC(=O)c1nn(CC(=O)N2[C@H]3C[C@]4(C[C@@H]24)CN(C)CCCC=CCc2ccc(Br)nc2NC3=O)c2c(C)cc(-c3cnc(C)nc3)cc12. The second kappa shape index (κ2) is 12.6. The molecule has 1 aromatic carbocycles. The minimum Gasteiger partial charge on any atom is -0.325 e. The molecule has 2 fully saturated rings. The van der Waals surface area contributed by atoms with Crippen LogP contribution in [0.15, 0.2) is 53.4 Å². The van der Waals surface area contributed by atoms with E-state index in [0.717, 1.165) is 60.1 Å². The Kier molecular flexibility index (Phi) is 8.49. The Bertz CT molecular complexity index is 1970. The number of hydrogen-bond donors (Lipinski definition) is 1. The molecule has 0 unspecified atom stereocenters. The predicted molar refractivity (Wildman–Crippen MR) is 186 cm³/mol. The number of carbonyl (C=O) groups is 3. The highest BCUT2D eigenvalue weighted by Crippen LogP contribution is 2.60. The zero-order chi connectivity index (χ0) is 33.7. The molecule has 1 spiro atoms. The van der Waals surface area contributed by atoms with Crippen LogP contribution in [0, 0.1) is 19.3 Å². The van der Waals surface area contributed by atoms with E-state index >= 15 is 0 Å². The largest absolute Gasteiger partial charge is 0.325 e. The molecule has 7 rings (SSSR count). The van der Waals surface area contributed by atoms with Crippen LogP contribution in [-0.4, -0.2) is 84.4 Å². The fraction of sp³-hybridized carbons (Fsp3) is 0.417. The van der Waals surface area contributed by atoms with E-state index in [2.05, 4.69) is 65.4 Å². The van der Waals surface area contributed by atoms with Gasteiger partial charge in [0, 0.05) is 48.3 Å². The molecule has 248 valence electrons. The highest BCUT2D eigenvalue weighted by atomic mass is 79.9. The summed E-state index contributed by atoms with van der Waals surface area (Å²) in [7, 11) is 2.13. The van der Waals surface area contributed by atoms with Crippen molar-refractivity contribution in [1.29, 1.82) is 0 Å². The number of nitrogens with one attached hydrogen (secondary N) is 1. The Balaban J connectivity index is 1.23. The first-order valence-electron chi connectivity index (χ1n) is 16.4. The van der Waals surface area contributed by atoms with Gasteiger partial charge in [-0.2, -0.15) is 5.10 Å². The van der Waals surface area contributed by atoms with E-state index < -0.39 is 6.04 Å². The molecule has 1 N–H and O–H groups in total. The molecular formula is C36H39BrN8O3. The minimum absolute atomic E-state index is 0.0470. The van der Waals surface area contributed by atoms with Crippen LogP contribution in [0.2, 0.25) is 0 Å². The highest BCUT2D eigenvalue weighted by Gasteiger charge is 2.67. The van der Waals surface area contributed by atoms with Gasteiger partial charge in [-0.25, -0.2) is 15.0 Å². The maximum atomic E-state index is 14.4. The Morgan fingerprint density at radius 2 is 1.88 bits per heavy atom. The number of hydrogen-bond acceptors (Lipinski definition) is 8. The van der Waals surface area contributed by atoms with E-state index in [0.29, 0.717) is 40.2 Å². The number of nitrogens with zero attached hydrogens (tertiary/aromatic N) is 7. The summed E-state index contributed by atoms with van der Waals surface area (Å²) >= 11 is 3.45. The summed E-state index contributed by atoms with van der Waals surface area (Å²) in [5.41, 5.74) is 4.36. The number of aryl methyl sites for hydroxylation is 2. The quantitative estimate of drug-likeness (QED) is 0.172. The van der Waals surface area contributed by atoms with Crippen molar-refractivity contribution in [2.45, 2.75) is 71.5 Å². The molecule has 5 heterocycles. The zero-order valence-corrected chi connectivity index (χ0v) is 29.2. The van der Waals surface area contributed by atoms with Gasteiger partial charge in [-0.3, -0.25) is 19.1 Å². The normalized spacial score (nSPS) is 22.9. The Hall–Kier alpha value is -4.29. The van der Waals surface area contributed by atoms with Gasteiger partial charge in [0.05, 0.1) is 5.52 Å². The Morgan fingerprint density at radius 3 is 2.65 bits per heavy atom. The third-order valence-corrected chi connectivity index (χ3v) is 10.4. The van der Waals surface area contributed by atoms with Gasteiger partial charge in [0.2, 0.25) is 11.8 Å². The van der Waals surface area contributed by atoms with E-state index in [1.54, 1.807) is 22.0 Å². The summed E-state index contributed by atoms with van der Waals surface area (Å²) in [6.45, 7) is 6.94. The number of piperidine rings is 1. The number of allylic oxidation sites excluding steroid dienone is 2. The monoisotopic (exact) mass is 710 g/mol. The summed E-state index contributed by atoms with van der Waals surface area (Å²) in [5, 5.41) is 8.44. The summed E-state index contributed by atoms with van der Waals surface area (Å²) < 4.78 is 2.26. The van der Waals surface area contributed by atoms with Crippen LogP contribution in [-0.2, 0) is 22.6 Å². The average molecular weight is 712 g/mol. The number of amides is 2. The van der Waals surface area contributed by atoms with Crippen LogP contribution < -0.4 is 5.32 Å². The molecule has 11 nitrogen and oxygen atoms in total. The molecule has 3 aliphatic rings. The zero-order valence-electron chi connectivity index (χ0n) is 27.7. The number of anilines is 1. The van der Waals surface area contributed by atoms with Crippen LogP contribution in [0.5, 0.6) is 0 Å². The Labute approximate surface area is 288 Å². The first kappa shape index (κ1) is 32.3. The van der Waals surface area contributed by atoms with Crippen LogP contribution in [0.3, 0.4) is 0 Å². The molecule has 1 aliphatic carbocycles. The number of halogens is 1. The molecule has 48 heavy (non-hydrogen) atoms. The fourth-order valence-corrected chi connectivity index (χ4v) is 7.93. The molecule has 2 aliphatic heterocycles. The van der Waals surface area contributed by atoms with E-state index in [4.69, 9.17) is 0 Å². The minimum atomic E-state index is -0.651. The van der Waals surface area contributed by atoms with E-state index in [-0.39, 0.29) is 35.6 Å². The number of fused-ring (bicyclic) bond motifs is 3. The van der Waals surface area contributed by atoms with Gasteiger partial charge >= 0.3 is 0 Å². The number of ketones is 1. The Morgan fingerprint density at radius 1 is 1.08 bits per heavy atom. The third kappa shape index (κ3) is 6.07. The molecule has 12 heteroatoms. The lowest BCUT2D eigenvalue weighted by Gasteiger charge is -2.27. The first-order chi connectivity index (χ1) is 23.0. The summed E-state index contributed by atoms with van der Waals surface area (Å²) in [5.74, 6) is 0.559. The van der Waals surface area contributed by atoms with Crippen molar-refractivity contribution in [3.8, 4) is 11.1 Å². The van der Waals surface area contributed by atoms with Gasteiger partial charge in [0.25, 0.3) is 0 Å². The van der Waals surface area contributed by atoms with Crippen LogP contribution in [0.4, 0.5) is 5.82 Å². The highest BCUT2D eigenvalue weighted by molar-refractivity contribution is 9.10. The van der Waals surface area contributed by atoms with Gasteiger partial charge in [-0.1, -0.05) is 18.2 Å². The van der Waals surface area contributed by atoms with Gasteiger partial charge in [-0.15, -0.1) is 0 Å². The lowest BCUT2D eigenvalue weighted by molar-refractivity contribution is -0.138. The topological polar surface area (TPSA) is 126 Å². The fourth-order valence-electron chi connectivity index (χ4n) is 7.62. The number of aromatic nitrogens is 5. The van der Waals surface area contributed by atoms with E-state index in [1.165, 1.54) is 6.92 Å². The van der Waals surface area contributed by atoms with Crippen LogP contribution in [0.25, 0.3) is 22.0 Å². The molecule has 3 atom stereocenters. The standard InChI is InChI=1S/C36H39BrN8O3/c1-21-13-25(26-17-38-23(3)39-18-26)14-27-32(22(2)46)42-44(33(21)27)19-31(47)45-28-15-36(16-29(36)45)20-43(4)12-8-6-5-7-9-24-10-11-30(37)40-34(24)41-35(28)48/h5,7,10-11,13-14,17-18,28-29H,6,8-9,12,15-16,19-20H2,1-4H3,(H,40,41,48)/t28-,29+,36-/m0/s1. The van der Waals surface area contributed by atoms with Crippen molar-refractivity contribution >= 4 is 50.2 Å². The van der Waals surface area contributed by atoms with Gasteiger partial charge in [0.15, 0.2) is 5.78 Å². The predicted octanol–water partition coefficient (Wildman–Crippen LogP) is 5.29. The van der Waals surface area contributed by atoms with Crippen LogP contribution >= 0.6 is 15.9 Å². The van der Waals surface area contributed by atoms with Crippen LogP contribution in [0.1, 0.15) is 60.0 Å². The average Bonchev–Trinajstić information content (AvgIpc) is 3.42. The first-order valence-corrected chi connectivity index (χ1v) is 17.2. The van der Waals surface area contributed by atoms with Crippen molar-refractivity contribution in [3.63, 3.8) is 0 Å². The van der Waals surface area contributed by atoms with Gasteiger partial charge in [-0.05, 0) is 110 Å². The molecule has 0 radical (unpaired) electrons. The van der Waals surface area contributed by atoms with Crippen molar-refractivity contribution < 1.29 is 14.4 Å². The summed E-state index contributed by atoms with van der Waals surface area (Å²) in [6, 6.07) is 7.07. The molecule has 1 saturated heterocycles. The lowest BCUT2D eigenvalue weighted by atomic mass is 9.98. The van der Waals surface area contributed by atoms with E-state index in [1.807, 2.05) is 38.1 Å². The molecule has 2 bridgehead atoms. The molecule has 4 aromatic rings. The van der Waals surface area contributed by atoms with Gasteiger partial charge in [0.1, 0.15) is 34.5 Å². The maximum absolute atomic E-state index is 14.4. The van der Waals surface area contributed by atoms with E-state index in [9.17, 15) is 14.4 Å². The van der Waals surface area contributed by atoms with Gasteiger partial charge < -0.3 is 15.1 Å². The number of carbonyl (C=O) groups excluding carboxylic acids is 3. The van der Waals surface area contributed by atoms with Crippen molar-refractivity contribution in [2.24, 2.45) is 5.41 Å². The smallest absolute Gasteiger partial charge is 0.248 e. The molecule has 1 saturated carbocycles. The van der Waals surface area contributed by atoms with Crippen molar-refractivity contribution in [3.05, 3.63) is 76.1 Å². The number of pyridine rings is 1. The summed E-state index contributed by atoms with van der Waals surface area (Å²) in [4.78, 5) is 58.7. The third-order valence-electron chi connectivity index (χ3n) is 9.96. The molecule has 2 amide bonds.